The lowest BCUT2D eigenvalue weighted by Gasteiger charge is -2.39. The molecule has 1 aliphatic heterocycles. The average molecular weight is 261 g/mol. The topological polar surface area (TPSA) is 40.5 Å². The van der Waals surface area contributed by atoms with E-state index < -0.39 is 11.4 Å². The monoisotopic (exact) mass is 261 g/mol. The molecule has 1 unspecified atom stereocenters. The predicted molar refractivity (Wildman–Crippen MR) is 77.7 cm³/mol. The summed E-state index contributed by atoms with van der Waals surface area (Å²) >= 11 is 0. The van der Waals surface area contributed by atoms with Crippen molar-refractivity contribution in [3.05, 3.63) is 29.8 Å². The van der Waals surface area contributed by atoms with E-state index in [9.17, 15) is 9.90 Å². The van der Waals surface area contributed by atoms with E-state index in [2.05, 4.69) is 43.0 Å². The SMILES string of the molecule is CC(C)c1ccc(N2CCCC(C)(C(=O)O)C2)cc1. The molecule has 0 amide bonds. The molecular weight excluding hydrogens is 238 g/mol. The summed E-state index contributed by atoms with van der Waals surface area (Å²) in [5.41, 5.74) is 1.84. The Morgan fingerprint density at radius 3 is 2.47 bits per heavy atom. The highest BCUT2D eigenvalue weighted by Gasteiger charge is 2.37. The number of piperidine rings is 1. The molecule has 1 saturated heterocycles. The third kappa shape index (κ3) is 2.91. The van der Waals surface area contributed by atoms with Gasteiger partial charge in [0.1, 0.15) is 0 Å². The maximum atomic E-state index is 11.4. The van der Waals surface area contributed by atoms with Gasteiger partial charge in [-0.2, -0.15) is 0 Å². The van der Waals surface area contributed by atoms with E-state index in [1.165, 1.54) is 5.56 Å². The molecule has 1 atom stereocenters. The van der Waals surface area contributed by atoms with Crippen molar-refractivity contribution < 1.29 is 9.90 Å². The highest BCUT2D eigenvalue weighted by molar-refractivity contribution is 5.75. The van der Waals surface area contributed by atoms with E-state index in [1.54, 1.807) is 0 Å². The van der Waals surface area contributed by atoms with Gasteiger partial charge in [-0.25, -0.2) is 0 Å². The summed E-state index contributed by atoms with van der Waals surface area (Å²) in [5, 5.41) is 9.35. The second-order valence-corrected chi connectivity index (χ2v) is 6.14. The third-order valence-electron chi connectivity index (χ3n) is 4.14. The van der Waals surface area contributed by atoms with Crippen molar-refractivity contribution in [2.45, 2.75) is 39.5 Å². The van der Waals surface area contributed by atoms with E-state index in [1.807, 2.05) is 6.92 Å². The highest BCUT2D eigenvalue weighted by Crippen LogP contribution is 2.32. The van der Waals surface area contributed by atoms with Crippen molar-refractivity contribution in [3.63, 3.8) is 0 Å². The molecule has 1 fully saturated rings. The maximum absolute atomic E-state index is 11.4. The second kappa shape index (κ2) is 5.24. The standard InChI is InChI=1S/C16H23NO2/c1-12(2)13-5-7-14(8-6-13)17-10-4-9-16(3,11-17)15(18)19/h5-8,12H,4,9-11H2,1-3H3,(H,18,19). The molecule has 3 nitrogen and oxygen atoms in total. The maximum Gasteiger partial charge on any atom is 0.311 e. The van der Waals surface area contributed by atoms with Crippen LogP contribution in [0.25, 0.3) is 0 Å². The average Bonchev–Trinajstić information content (AvgIpc) is 2.39. The zero-order valence-electron chi connectivity index (χ0n) is 12.0. The Kier molecular flexibility index (Phi) is 3.83. The van der Waals surface area contributed by atoms with E-state index in [-0.39, 0.29) is 0 Å². The van der Waals surface area contributed by atoms with Gasteiger partial charge in [0.05, 0.1) is 5.41 Å². The van der Waals surface area contributed by atoms with Gasteiger partial charge in [0.15, 0.2) is 0 Å². The normalized spacial score (nSPS) is 23.7. The number of nitrogens with zero attached hydrogens (tertiary/aromatic N) is 1. The quantitative estimate of drug-likeness (QED) is 0.905. The Bertz CT molecular complexity index is 452. The van der Waals surface area contributed by atoms with Crippen molar-refractivity contribution in [3.8, 4) is 0 Å². The lowest BCUT2D eigenvalue weighted by molar-refractivity contribution is -0.148. The van der Waals surface area contributed by atoms with E-state index in [0.717, 1.165) is 25.1 Å². The zero-order valence-corrected chi connectivity index (χ0v) is 12.0. The number of carboxylic acids is 1. The number of benzene rings is 1. The Balaban J connectivity index is 2.15. The van der Waals surface area contributed by atoms with Crippen molar-refractivity contribution in [2.75, 3.05) is 18.0 Å². The summed E-state index contributed by atoms with van der Waals surface area (Å²) < 4.78 is 0. The van der Waals surface area contributed by atoms with Crippen LogP contribution in [0, 0.1) is 5.41 Å². The Hall–Kier alpha value is -1.51. The molecule has 1 aromatic rings. The molecule has 0 aromatic heterocycles. The summed E-state index contributed by atoms with van der Waals surface area (Å²) in [6.45, 7) is 7.76. The summed E-state index contributed by atoms with van der Waals surface area (Å²) in [5.74, 6) is -0.157. The van der Waals surface area contributed by atoms with E-state index >= 15 is 0 Å². The first-order valence-corrected chi connectivity index (χ1v) is 7.01. The first-order valence-electron chi connectivity index (χ1n) is 7.01. The fraction of sp³-hybridized carbons (Fsp3) is 0.562. The Morgan fingerprint density at radius 2 is 1.95 bits per heavy atom. The Morgan fingerprint density at radius 1 is 1.32 bits per heavy atom. The van der Waals surface area contributed by atoms with Gasteiger partial charge in [-0.15, -0.1) is 0 Å². The summed E-state index contributed by atoms with van der Waals surface area (Å²) in [7, 11) is 0. The minimum atomic E-state index is -0.684. The van der Waals surface area contributed by atoms with Crippen LogP contribution >= 0.6 is 0 Å². The number of rotatable bonds is 3. The van der Waals surface area contributed by atoms with E-state index in [0.29, 0.717) is 12.5 Å². The molecule has 104 valence electrons. The molecule has 0 aliphatic carbocycles. The molecular formula is C16H23NO2. The number of carboxylic acid groups (broad SMARTS) is 1. The molecule has 0 radical (unpaired) electrons. The first kappa shape index (κ1) is 13.9. The van der Waals surface area contributed by atoms with Crippen molar-refractivity contribution >= 4 is 11.7 Å². The van der Waals surface area contributed by atoms with Crippen LogP contribution in [0.2, 0.25) is 0 Å². The molecule has 0 saturated carbocycles. The fourth-order valence-electron chi connectivity index (χ4n) is 2.70. The molecule has 1 N–H and O–H groups in total. The van der Waals surface area contributed by atoms with Gasteiger partial charge in [0, 0.05) is 18.8 Å². The first-order chi connectivity index (χ1) is 8.92. The molecule has 3 heteroatoms. The van der Waals surface area contributed by atoms with Crippen LogP contribution in [-0.2, 0) is 4.79 Å². The largest absolute Gasteiger partial charge is 0.481 e. The van der Waals surface area contributed by atoms with Gasteiger partial charge in [-0.3, -0.25) is 4.79 Å². The number of hydrogen-bond donors (Lipinski definition) is 1. The smallest absolute Gasteiger partial charge is 0.311 e. The van der Waals surface area contributed by atoms with Gasteiger partial charge in [-0.1, -0.05) is 26.0 Å². The van der Waals surface area contributed by atoms with Crippen LogP contribution in [-0.4, -0.2) is 24.2 Å². The lowest BCUT2D eigenvalue weighted by atomic mass is 9.82. The predicted octanol–water partition coefficient (Wildman–Crippen LogP) is 3.50. The summed E-state index contributed by atoms with van der Waals surface area (Å²) in [6.07, 6.45) is 1.71. The van der Waals surface area contributed by atoms with Crippen LogP contribution in [0.3, 0.4) is 0 Å². The zero-order chi connectivity index (χ0) is 14.0. The molecule has 0 spiro atoms. The number of hydrogen-bond acceptors (Lipinski definition) is 2. The van der Waals surface area contributed by atoms with Crippen LogP contribution in [0.5, 0.6) is 0 Å². The minimum Gasteiger partial charge on any atom is -0.481 e. The molecule has 0 bridgehead atoms. The van der Waals surface area contributed by atoms with Crippen LogP contribution in [0.15, 0.2) is 24.3 Å². The molecule has 19 heavy (non-hydrogen) atoms. The molecule has 2 rings (SSSR count). The van der Waals surface area contributed by atoms with Crippen molar-refractivity contribution in [1.29, 1.82) is 0 Å². The summed E-state index contributed by atoms with van der Waals surface area (Å²) in [4.78, 5) is 13.6. The van der Waals surface area contributed by atoms with Crippen molar-refractivity contribution in [1.82, 2.24) is 0 Å². The van der Waals surface area contributed by atoms with Gasteiger partial charge >= 0.3 is 5.97 Å². The number of carbonyl (C=O) groups is 1. The van der Waals surface area contributed by atoms with Crippen LogP contribution in [0.1, 0.15) is 45.1 Å². The molecule has 1 aromatic carbocycles. The second-order valence-electron chi connectivity index (χ2n) is 6.14. The number of anilines is 1. The van der Waals surface area contributed by atoms with Gasteiger partial charge in [0.2, 0.25) is 0 Å². The van der Waals surface area contributed by atoms with Crippen LogP contribution in [0.4, 0.5) is 5.69 Å². The highest BCUT2D eigenvalue weighted by atomic mass is 16.4. The fourth-order valence-corrected chi connectivity index (χ4v) is 2.70. The summed E-state index contributed by atoms with van der Waals surface area (Å²) in [6, 6.07) is 8.52. The van der Waals surface area contributed by atoms with Gasteiger partial charge < -0.3 is 10.0 Å². The third-order valence-corrected chi connectivity index (χ3v) is 4.14. The Labute approximate surface area is 115 Å². The minimum absolute atomic E-state index is 0.527. The lowest BCUT2D eigenvalue weighted by Crippen LogP contribution is -2.46. The number of aliphatic carboxylic acids is 1. The van der Waals surface area contributed by atoms with Crippen LogP contribution < -0.4 is 4.90 Å². The van der Waals surface area contributed by atoms with Gasteiger partial charge in [-0.05, 0) is 43.4 Å². The molecule has 1 heterocycles. The van der Waals surface area contributed by atoms with Crippen molar-refractivity contribution in [2.24, 2.45) is 5.41 Å². The molecule has 1 aliphatic rings. The van der Waals surface area contributed by atoms with E-state index in [4.69, 9.17) is 0 Å². The van der Waals surface area contributed by atoms with Gasteiger partial charge in [0.25, 0.3) is 0 Å².